The van der Waals surface area contributed by atoms with Gasteiger partial charge in [0.15, 0.2) is 0 Å². The summed E-state index contributed by atoms with van der Waals surface area (Å²) in [6, 6.07) is 19.3. The molecule has 1 atom stereocenters. The van der Waals surface area contributed by atoms with Gasteiger partial charge in [-0.05, 0) is 52.0 Å². The number of ether oxygens (including phenoxy) is 1. The molecule has 162 valence electrons. The first-order valence-corrected chi connectivity index (χ1v) is 11.6. The molecule has 0 spiro atoms. The smallest absolute Gasteiger partial charge is 0.338 e. The lowest BCUT2D eigenvalue weighted by atomic mass is 9.78. The predicted molar refractivity (Wildman–Crippen MR) is 123 cm³/mol. The fourth-order valence-electron chi connectivity index (χ4n) is 4.57. The first-order valence-electron chi connectivity index (χ1n) is 10.6. The van der Waals surface area contributed by atoms with E-state index in [0.717, 1.165) is 12.8 Å². The summed E-state index contributed by atoms with van der Waals surface area (Å²) in [4.78, 5) is 16.1. The Morgan fingerprint density at radius 2 is 1.57 bits per heavy atom. The van der Waals surface area contributed by atoms with E-state index >= 15 is 0 Å². The van der Waals surface area contributed by atoms with Crippen molar-refractivity contribution >= 4 is 17.7 Å². The van der Waals surface area contributed by atoms with E-state index in [9.17, 15) is 9.90 Å². The lowest BCUT2D eigenvalue weighted by Crippen LogP contribution is -2.64. The van der Waals surface area contributed by atoms with Gasteiger partial charge in [0.1, 0.15) is 6.10 Å². The number of benzene rings is 2. The van der Waals surface area contributed by atoms with Gasteiger partial charge >= 0.3 is 5.97 Å². The number of aliphatic hydroxyl groups excluding tert-OH is 1. The molecule has 0 aliphatic carbocycles. The van der Waals surface area contributed by atoms with Crippen LogP contribution in [0.25, 0.3) is 0 Å². The topological polar surface area (TPSA) is 49.8 Å². The van der Waals surface area contributed by atoms with E-state index in [1.807, 2.05) is 36.4 Å². The van der Waals surface area contributed by atoms with Gasteiger partial charge in [-0.15, -0.1) is 11.8 Å². The first-order chi connectivity index (χ1) is 14.2. The van der Waals surface area contributed by atoms with E-state index in [0.29, 0.717) is 17.9 Å². The number of piperidine rings is 1. The summed E-state index contributed by atoms with van der Waals surface area (Å²) in [5.74, 6) is 0.388. The molecule has 30 heavy (non-hydrogen) atoms. The van der Waals surface area contributed by atoms with Gasteiger partial charge in [-0.2, -0.15) is 0 Å². The minimum atomic E-state index is -0.433. The summed E-state index contributed by atoms with van der Waals surface area (Å²) in [5, 5.41) is 10.7. The van der Waals surface area contributed by atoms with E-state index in [2.05, 4.69) is 44.7 Å². The second-order valence-corrected chi connectivity index (χ2v) is 10.4. The fourth-order valence-corrected chi connectivity index (χ4v) is 5.41. The molecule has 5 heteroatoms. The van der Waals surface area contributed by atoms with Crippen molar-refractivity contribution < 1.29 is 14.6 Å². The Morgan fingerprint density at radius 3 is 2.13 bits per heavy atom. The zero-order valence-electron chi connectivity index (χ0n) is 18.4. The van der Waals surface area contributed by atoms with Crippen molar-refractivity contribution in [2.24, 2.45) is 0 Å². The minimum Gasteiger partial charge on any atom is -0.459 e. The van der Waals surface area contributed by atoms with Gasteiger partial charge in [0.2, 0.25) is 0 Å². The monoisotopic (exact) mass is 427 g/mol. The van der Waals surface area contributed by atoms with Crippen LogP contribution in [0.4, 0.5) is 0 Å². The molecule has 1 aliphatic rings. The first kappa shape index (κ1) is 22.9. The molecule has 0 bridgehead atoms. The summed E-state index contributed by atoms with van der Waals surface area (Å²) < 4.78 is 5.88. The van der Waals surface area contributed by atoms with Crippen LogP contribution in [-0.4, -0.2) is 51.6 Å². The maximum atomic E-state index is 12.5. The molecular weight excluding hydrogens is 394 g/mol. The Balaban J connectivity index is 1.61. The van der Waals surface area contributed by atoms with Crippen molar-refractivity contribution in [1.29, 1.82) is 0 Å². The average Bonchev–Trinajstić information content (AvgIpc) is 2.70. The van der Waals surface area contributed by atoms with Crippen LogP contribution < -0.4 is 0 Å². The molecule has 1 unspecified atom stereocenters. The van der Waals surface area contributed by atoms with Gasteiger partial charge < -0.3 is 9.84 Å². The zero-order valence-corrected chi connectivity index (χ0v) is 19.2. The molecule has 0 amide bonds. The minimum absolute atomic E-state index is 0.144. The highest BCUT2D eigenvalue weighted by Gasteiger charge is 2.47. The van der Waals surface area contributed by atoms with Crippen LogP contribution in [0.1, 0.15) is 50.9 Å². The molecule has 2 aromatic carbocycles. The van der Waals surface area contributed by atoms with Crippen LogP contribution >= 0.6 is 11.8 Å². The summed E-state index contributed by atoms with van der Waals surface area (Å²) in [5.41, 5.74) is 0.202. The number of thioether (sulfide) groups is 1. The van der Waals surface area contributed by atoms with Crippen molar-refractivity contribution in [3.63, 3.8) is 0 Å². The molecule has 3 rings (SSSR count). The Morgan fingerprint density at radius 1 is 1.03 bits per heavy atom. The van der Waals surface area contributed by atoms with E-state index in [-0.39, 0.29) is 23.2 Å². The quantitative estimate of drug-likeness (QED) is 0.497. The van der Waals surface area contributed by atoms with Crippen molar-refractivity contribution in [3.8, 4) is 0 Å². The predicted octanol–water partition coefficient (Wildman–Crippen LogP) is 5.02. The number of β-amino-alcohol motifs (C(OH)–C–C–N with tert-alkyl or cyclic N) is 1. The van der Waals surface area contributed by atoms with E-state index in [1.54, 1.807) is 23.9 Å². The Labute approximate surface area is 184 Å². The zero-order chi connectivity index (χ0) is 21.8. The number of hydrogen-bond acceptors (Lipinski definition) is 5. The number of carbonyl (C=O) groups excluding carboxylic acids is 1. The second kappa shape index (κ2) is 9.54. The molecule has 0 aromatic heterocycles. The van der Waals surface area contributed by atoms with Gasteiger partial charge in [-0.3, -0.25) is 4.90 Å². The van der Waals surface area contributed by atoms with Crippen molar-refractivity contribution in [2.45, 2.75) is 68.7 Å². The number of likely N-dealkylation sites (tertiary alicyclic amines) is 1. The summed E-state index contributed by atoms with van der Waals surface area (Å²) in [6.07, 6.45) is 0.910. The molecular formula is C25H33NO3S. The number of aliphatic hydroxyl groups is 1. The molecule has 1 saturated heterocycles. The van der Waals surface area contributed by atoms with E-state index in [1.165, 1.54) is 4.90 Å². The average molecular weight is 428 g/mol. The van der Waals surface area contributed by atoms with Crippen molar-refractivity contribution in [2.75, 3.05) is 12.3 Å². The van der Waals surface area contributed by atoms with Gasteiger partial charge in [0.05, 0.1) is 11.7 Å². The number of hydrogen-bond donors (Lipinski definition) is 1. The largest absolute Gasteiger partial charge is 0.459 e. The molecule has 1 heterocycles. The normalized spacial score (nSPS) is 19.9. The van der Waals surface area contributed by atoms with Crippen LogP contribution in [0.5, 0.6) is 0 Å². The lowest BCUT2D eigenvalue weighted by Gasteiger charge is -2.55. The lowest BCUT2D eigenvalue weighted by molar-refractivity contribution is -0.0990. The van der Waals surface area contributed by atoms with Gasteiger partial charge in [0.25, 0.3) is 0 Å². The molecule has 0 radical (unpaired) electrons. The van der Waals surface area contributed by atoms with Gasteiger partial charge in [-0.1, -0.05) is 36.4 Å². The number of carbonyl (C=O) groups is 1. The number of nitrogens with zero attached hydrogens (tertiary/aromatic N) is 1. The molecule has 2 aromatic rings. The maximum absolute atomic E-state index is 12.5. The fraction of sp³-hybridized carbons (Fsp3) is 0.480. The molecule has 4 nitrogen and oxygen atoms in total. The highest BCUT2D eigenvalue weighted by molar-refractivity contribution is 7.99. The van der Waals surface area contributed by atoms with Crippen LogP contribution in [-0.2, 0) is 4.74 Å². The Hall–Kier alpha value is -1.82. The molecule has 1 aliphatic heterocycles. The van der Waals surface area contributed by atoms with Crippen LogP contribution in [0.3, 0.4) is 0 Å². The number of rotatable bonds is 7. The summed E-state index contributed by atoms with van der Waals surface area (Å²) in [7, 11) is 0. The highest BCUT2D eigenvalue weighted by Crippen LogP contribution is 2.40. The van der Waals surface area contributed by atoms with Crippen molar-refractivity contribution in [3.05, 3.63) is 66.2 Å². The van der Waals surface area contributed by atoms with Gasteiger partial charge in [-0.25, -0.2) is 4.79 Å². The second-order valence-electron chi connectivity index (χ2n) is 9.31. The Kier molecular flexibility index (Phi) is 7.27. The van der Waals surface area contributed by atoms with Crippen LogP contribution in [0, 0.1) is 0 Å². The van der Waals surface area contributed by atoms with E-state index in [4.69, 9.17) is 4.74 Å². The third-order valence-corrected chi connectivity index (χ3v) is 6.93. The molecule has 1 N–H and O–H groups in total. The number of esters is 1. The Bertz CT molecular complexity index is 805. The third kappa shape index (κ3) is 5.87. The van der Waals surface area contributed by atoms with Crippen molar-refractivity contribution in [1.82, 2.24) is 4.90 Å². The SMILES string of the molecule is CC1(C)CC(OC(=O)c2ccccc2)CC(C)(C)N1CC(O)CSc1ccccc1. The standard InChI is InChI=1S/C25H33NO3S/c1-24(2)15-21(29-23(28)19-11-7-5-8-12-19)16-25(3,4)26(24)17-20(27)18-30-22-13-9-6-10-14-22/h5-14,20-21,27H,15-18H2,1-4H3. The summed E-state index contributed by atoms with van der Waals surface area (Å²) >= 11 is 1.68. The van der Waals surface area contributed by atoms with Crippen LogP contribution in [0.2, 0.25) is 0 Å². The molecule has 1 fully saturated rings. The van der Waals surface area contributed by atoms with E-state index < -0.39 is 6.10 Å². The maximum Gasteiger partial charge on any atom is 0.338 e. The highest BCUT2D eigenvalue weighted by atomic mass is 32.2. The van der Waals surface area contributed by atoms with Gasteiger partial charge in [0, 0.05) is 41.1 Å². The third-order valence-electron chi connectivity index (χ3n) is 5.78. The van der Waals surface area contributed by atoms with Crippen LogP contribution in [0.15, 0.2) is 65.6 Å². The molecule has 0 saturated carbocycles. The summed E-state index contributed by atoms with van der Waals surface area (Å²) in [6.45, 7) is 9.30.